The highest BCUT2D eigenvalue weighted by atomic mass is 14.8. The Balaban J connectivity index is 3.44. The smallest absolute Gasteiger partial charge is 0.0840 e. The largest absolute Gasteiger partial charge is 0.319 e. The van der Waals surface area contributed by atoms with Crippen molar-refractivity contribution in [2.45, 2.75) is 6.37 Å². The summed E-state index contributed by atoms with van der Waals surface area (Å²) >= 11 is 0. The van der Waals surface area contributed by atoms with Crippen LogP contribution < -0.4 is 5.32 Å². The summed E-state index contributed by atoms with van der Waals surface area (Å²) in [5.41, 5.74) is -0.907. The van der Waals surface area contributed by atoms with Gasteiger partial charge in [-0.25, -0.2) is 0 Å². The van der Waals surface area contributed by atoms with Crippen molar-refractivity contribution in [3.63, 3.8) is 0 Å². The van der Waals surface area contributed by atoms with E-state index in [1.54, 1.807) is 0 Å². The minimum atomic E-state index is -3.14. The molecule has 2 nitrogen and oxygen atoms in total. The second-order valence-electron chi connectivity index (χ2n) is 1.32. The number of hydrogen-bond acceptors (Lipinski definition) is 2. The quantitative estimate of drug-likeness (QED) is 0.685. The Kier molecular flexibility index (Phi) is 0.594. The van der Waals surface area contributed by atoms with Crippen LogP contribution >= 0.6 is 0 Å². The second-order valence-corrected chi connectivity index (χ2v) is 1.32. The summed E-state index contributed by atoms with van der Waals surface area (Å²) in [6, 6.07) is -2.33. The fraction of sp³-hybridized carbons (Fsp3) is 0.375. The van der Waals surface area contributed by atoms with Gasteiger partial charge in [0.1, 0.15) is 0 Å². The Bertz CT molecular complexity index is 550. The number of rotatable bonds is 3. The Labute approximate surface area is 76.8 Å². The van der Waals surface area contributed by atoms with Gasteiger partial charge in [-0.2, -0.15) is 0 Å². The standard InChI is InChI=1S/C8H12N2/c1-9-7-5-8-4-2-3-6-10-8/h2-4,6,9H,5,7H2,1H3/i1D3,2D,3D,4D,5D2,6D,7D2. The molecule has 0 bridgehead atoms. The van der Waals surface area contributed by atoms with Crippen LogP contribution in [0.15, 0.2) is 24.3 Å². The highest BCUT2D eigenvalue weighted by molar-refractivity contribution is 5.03. The van der Waals surface area contributed by atoms with Gasteiger partial charge in [-0.3, -0.25) is 4.98 Å². The molecule has 54 valence electrons. The molecule has 0 aliphatic carbocycles. The third-order valence-electron chi connectivity index (χ3n) is 0.710. The van der Waals surface area contributed by atoms with Gasteiger partial charge < -0.3 is 5.32 Å². The zero-order chi connectivity index (χ0) is 16.8. The predicted octanol–water partition coefficient (Wildman–Crippen LogP) is 0.843. The van der Waals surface area contributed by atoms with E-state index in [0.29, 0.717) is 0 Å². The fourth-order valence-electron chi connectivity index (χ4n) is 0.380. The predicted molar refractivity (Wildman–Crippen MR) is 41.9 cm³/mol. The van der Waals surface area contributed by atoms with Crippen LogP contribution in [-0.2, 0) is 6.37 Å². The monoisotopic (exact) mass is 147 g/mol. The number of hydrogen-bond donors (Lipinski definition) is 1. The minimum Gasteiger partial charge on any atom is -0.319 e. The zero-order valence-corrected chi connectivity index (χ0v) is 4.95. The van der Waals surface area contributed by atoms with Gasteiger partial charge >= 0.3 is 0 Å². The van der Waals surface area contributed by atoms with E-state index >= 15 is 0 Å². The number of pyridine rings is 1. The summed E-state index contributed by atoms with van der Waals surface area (Å²) in [6.07, 6.45) is -3.89. The second kappa shape index (κ2) is 4.01. The average molecular weight is 147 g/mol. The van der Waals surface area contributed by atoms with Crippen LogP contribution in [0.1, 0.15) is 20.8 Å². The molecular formula is C8H12N2. The molecule has 1 aromatic heterocycles. The van der Waals surface area contributed by atoms with Gasteiger partial charge in [-0.1, -0.05) is 6.04 Å². The molecule has 0 aromatic carbocycles. The molecule has 0 unspecified atom stereocenters. The summed E-state index contributed by atoms with van der Waals surface area (Å²) in [5, 5.41) is 1.48. The molecule has 0 aliphatic heterocycles. The van der Waals surface area contributed by atoms with E-state index in [1.807, 2.05) is 0 Å². The van der Waals surface area contributed by atoms with Crippen molar-refractivity contribution in [1.29, 1.82) is 0 Å². The van der Waals surface area contributed by atoms with E-state index in [1.165, 1.54) is 5.32 Å². The van der Waals surface area contributed by atoms with E-state index in [-0.39, 0.29) is 0 Å². The van der Waals surface area contributed by atoms with E-state index < -0.39 is 49.8 Å². The molecule has 0 saturated heterocycles. The van der Waals surface area contributed by atoms with Gasteiger partial charge in [0.15, 0.2) is 0 Å². The highest BCUT2D eigenvalue weighted by Gasteiger charge is 1.88. The maximum atomic E-state index is 7.72. The first-order chi connectivity index (χ1) is 9.21. The number of aromatic nitrogens is 1. The lowest BCUT2D eigenvalue weighted by Crippen LogP contribution is -2.10. The van der Waals surface area contributed by atoms with Gasteiger partial charge in [0.2, 0.25) is 0 Å². The van der Waals surface area contributed by atoms with Gasteiger partial charge in [0.25, 0.3) is 0 Å². The Morgan fingerprint density at radius 3 is 3.80 bits per heavy atom. The molecule has 0 saturated carbocycles. The number of likely N-dealkylation sites (N-methyl/N-ethyl adjacent to an activating group) is 1. The average Bonchev–Trinajstić information content (AvgIpc) is 2.27. The summed E-state index contributed by atoms with van der Waals surface area (Å²) in [7, 11) is 0. The van der Waals surface area contributed by atoms with Gasteiger partial charge in [-0.05, 0) is 19.1 Å². The molecule has 0 atom stereocenters. The molecule has 1 rings (SSSR count). The van der Waals surface area contributed by atoms with E-state index in [0.717, 1.165) is 0 Å². The molecule has 1 heterocycles. The highest BCUT2D eigenvalue weighted by Crippen LogP contribution is 1.92. The summed E-state index contributed by atoms with van der Waals surface area (Å²) in [4.78, 5) is 3.33. The van der Waals surface area contributed by atoms with Crippen LogP contribution in [0.5, 0.6) is 0 Å². The van der Waals surface area contributed by atoms with Crippen LogP contribution in [0.4, 0.5) is 0 Å². The molecule has 0 spiro atoms. The Morgan fingerprint density at radius 2 is 2.90 bits per heavy atom. The molecule has 0 radical (unpaired) electrons. The first kappa shape index (κ1) is 1.48. The van der Waals surface area contributed by atoms with Crippen LogP contribution in [-0.4, -0.2) is 18.5 Å². The zero-order valence-electron chi connectivity index (χ0n) is 15.9. The molecule has 1 N–H and O–H groups in total. The van der Waals surface area contributed by atoms with Gasteiger partial charge in [-0.15, -0.1) is 0 Å². The molecule has 0 fully saturated rings. The van der Waals surface area contributed by atoms with Crippen molar-refractivity contribution in [2.24, 2.45) is 0 Å². The van der Waals surface area contributed by atoms with Crippen molar-refractivity contribution in [3.8, 4) is 0 Å². The molecule has 0 aliphatic rings. The fourth-order valence-corrected chi connectivity index (χ4v) is 0.380. The van der Waals surface area contributed by atoms with Crippen molar-refractivity contribution >= 4 is 0 Å². The van der Waals surface area contributed by atoms with Crippen molar-refractivity contribution in [2.75, 3.05) is 13.5 Å². The third-order valence-corrected chi connectivity index (χ3v) is 0.710. The lowest BCUT2D eigenvalue weighted by molar-refractivity contribution is 0.776. The van der Waals surface area contributed by atoms with Crippen LogP contribution in [0, 0.1) is 0 Å². The van der Waals surface area contributed by atoms with Gasteiger partial charge in [0.05, 0.1) is 5.48 Å². The molecule has 2 heteroatoms. The number of aryl methyl sites for hydroxylation is 1. The third kappa shape index (κ3) is 2.15. The van der Waals surface area contributed by atoms with Crippen molar-refractivity contribution in [3.05, 3.63) is 30.0 Å². The molecular weight excluding hydrogens is 124 g/mol. The Morgan fingerprint density at radius 1 is 1.90 bits per heavy atom. The first-order valence-corrected chi connectivity index (χ1v) is 2.45. The molecule has 1 aromatic rings. The Hall–Kier alpha value is -0.890. The van der Waals surface area contributed by atoms with Crippen molar-refractivity contribution < 1.29 is 15.1 Å². The maximum Gasteiger partial charge on any atom is 0.0840 e. The minimum absolute atomic E-state index is 0.691. The first-order valence-electron chi connectivity index (χ1n) is 7.95. The normalized spacial score (nSPS) is 29.8. The number of nitrogens with zero attached hydrogens (tertiary/aromatic N) is 1. The SMILES string of the molecule is [2H]c1nc(C([2H])([2H])C([2H])([2H])NC([2H])([2H])[2H])c([2H])c([2H])c1[2H]. The number of nitrogens with one attached hydrogen (secondary N) is 1. The maximum absolute atomic E-state index is 7.72. The van der Waals surface area contributed by atoms with Crippen molar-refractivity contribution in [1.82, 2.24) is 10.3 Å². The van der Waals surface area contributed by atoms with E-state index in [4.69, 9.17) is 15.1 Å². The lowest BCUT2D eigenvalue weighted by Gasteiger charge is -1.96. The summed E-state index contributed by atoms with van der Waals surface area (Å²) in [6.45, 7) is -6.12. The lowest BCUT2D eigenvalue weighted by atomic mass is 10.3. The van der Waals surface area contributed by atoms with Crippen LogP contribution in [0.25, 0.3) is 0 Å². The summed E-state index contributed by atoms with van der Waals surface area (Å²) < 4.78 is 81.0. The van der Waals surface area contributed by atoms with E-state index in [2.05, 4.69) is 4.98 Å². The van der Waals surface area contributed by atoms with Crippen LogP contribution in [0.2, 0.25) is 0 Å². The van der Waals surface area contributed by atoms with E-state index in [9.17, 15) is 0 Å². The molecule has 10 heavy (non-hydrogen) atoms. The summed E-state index contributed by atoms with van der Waals surface area (Å²) in [5.74, 6) is 0. The topological polar surface area (TPSA) is 24.9 Å². The van der Waals surface area contributed by atoms with Crippen LogP contribution in [0.3, 0.4) is 0 Å². The molecule has 0 amide bonds. The van der Waals surface area contributed by atoms with Gasteiger partial charge in [0, 0.05) is 34.3 Å².